The molecule has 0 spiro atoms. The summed E-state index contributed by atoms with van der Waals surface area (Å²) in [4.78, 5) is 13.9. The predicted octanol–water partition coefficient (Wildman–Crippen LogP) is -2.76. The summed E-state index contributed by atoms with van der Waals surface area (Å²) in [6, 6.07) is 6.08. The molecule has 17 nitrogen and oxygen atoms in total. The van der Waals surface area contributed by atoms with Gasteiger partial charge in [-0.3, -0.25) is 4.79 Å². The Morgan fingerprint density at radius 2 is 1.27 bits per heavy atom. The highest BCUT2D eigenvalue weighted by Crippen LogP contribution is 2.45. The molecule has 2 aliphatic heterocycles. The Morgan fingerprint density at radius 1 is 0.733 bits per heavy atom. The van der Waals surface area contributed by atoms with Crippen LogP contribution in [0, 0.1) is 0 Å². The minimum atomic E-state index is -1.91. The van der Waals surface area contributed by atoms with Gasteiger partial charge in [0.2, 0.25) is 29.5 Å². The van der Waals surface area contributed by atoms with Crippen molar-refractivity contribution in [1.82, 2.24) is 0 Å². The minimum absolute atomic E-state index is 0.119. The molecule has 2 fully saturated rings. The molecule has 2 saturated heterocycles. The summed E-state index contributed by atoms with van der Waals surface area (Å²) < 4.78 is 33.5. The summed E-state index contributed by atoms with van der Waals surface area (Å²) >= 11 is 0. The maximum Gasteiger partial charge on any atom is 0.239 e. The van der Waals surface area contributed by atoms with Crippen molar-refractivity contribution in [2.24, 2.45) is 0 Å². The van der Waals surface area contributed by atoms with E-state index < -0.39 is 103 Å². The summed E-state index contributed by atoms with van der Waals surface area (Å²) in [6.07, 6.45) is -17.0. The zero-order valence-electron chi connectivity index (χ0n) is 23.4. The number of fused-ring (bicyclic) bond motifs is 1. The topological polar surface area (TPSA) is 279 Å². The van der Waals surface area contributed by atoms with Gasteiger partial charge in [0.25, 0.3) is 0 Å². The van der Waals surface area contributed by atoms with Gasteiger partial charge in [0.1, 0.15) is 65.7 Å². The molecule has 0 amide bonds. The van der Waals surface area contributed by atoms with Crippen molar-refractivity contribution in [3.8, 4) is 40.1 Å². The van der Waals surface area contributed by atoms with Gasteiger partial charge in [0.15, 0.2) is 17.1 Å². The maximum atomic E-state index is 13.9. The van der Waals surface area contributed by atoms with E-state index in [4.69, 9.17) is 28.1 Å². The van der Waals surface area contributed by atoms with Gasteiger partial charge in [-0.2, -0.15) is 0 Å². The number of aromatic hydroxyl groups is 2. The van der Waals surface area contributed by atoms with Gasteiger partial charge < -0.3 is 79.2 Å². The highest BCUT2D eigenvalue weighted by Gasteiger charge is 2.47. The van der Waals surface area contributed by atoms with Gasteiger partial charge in [-0.05, 0) is 24.3 Å². The first kappa shape index (κ1) is 32.6. The number of ether oxygens (including phenoxy) is 5. The standard InChI is InChI=1S/C28H32O17/c1-40-24-12(41-27-21(38)19(36)16(33)13(7-29)42-27)6-11(32)15-18(35)26(23(44-25(15)24)9-2-4-10(31)5-3-9)45-28-22(39)20(37)17(34)14(8-30)43-28/h2-6,13-14,16-17,19-22,27-34,36-39H,7-8H2,1H3/t13?,14?,16-,17-,19+,20?,21?,22?,27-,28+/m1/s1. The summed E-state index contributed by atoms with van der Waals surface area (Å²) in [5.74, 6) is -2.62. The van der Waals surface area contributed by atoms with Gasteiger partial charge in [-0.25, -0.2) is 0 Å². The predicted molar refractivity (Wildman–Crippen MR) is 147 cm³/mol. The Bertz CT molecular complexity index is 1550. The maximum absolute atomic E-state index is 13.9. The second-order valence-electron chi connectivity index (χ2n) is 10.4. The second-order valence-corrected chi connectivity index (χ2v) is 10.4. The van der Waals surface area contributed by atoms with Gasteiger partial charge in [-0.1, -0.05) is 0 Å². The minimum Gasteiger partial charge on any atom is -0.508 e. The van der Waals surface area contributed by atoms with Crippen molar-refractivity contribution in [2.75, 3.05) is 20.3 Å². The number of methoxy groups -OCH3 is 1. The molecular formula is C28H32O17. The van der Waals surface area contributed by atoms with Gasteiger partial charge in [0, 0.05) is 11.6 Å². The Balaban J connectivity index is 1.65. The normalized spacial score (nSPS) is 31.9. The molecule has 10 atom stereocenters. The van der Waals surface area contributed by atoms with E-state index >= 15 is 0 Å². The third-order valence-electron chi connectivity index (χ3n) is 7.53. The molecule has 2 aliphatic rings. The molecule has 246 valence electrons. The molecule has 10 N–H and O–H groups in total. The molecule has 3 heterocycles. The fraction of sp³-hybridized carbons (Fsp3) is 0.464. The van der Waals surface area contributed by atoms with Crippen LogP contribution in [0.15, 0.2) is 39.5 Å². The Morgan fingerprint density at radius 3 is 1.78 bits per heavy atom. The van der Waals surface area contributed by atoms with E-state index in [0.29, 0.717) is 0 Å². The summed E-state index contributed by atoms with van der Waals surface area (Å²) in [6.45, 7) is -1.52. The Kier molecular flexibility index (Phi) is 9.38. The van der Waals surface area contributed by atoms with Crippen LogP contribution in [0.2, 0.25) is 0 Å². The molecule has 17 heteroatoms. The zero-order chi connectivity index (χ0) is 32.7. The molecule has 45 heavy (non-hydrogen) atoms. The lowest BCUT2D eigenvalue weighted by Crippen LogP contribution is -2.60. The van der Waals surface area contributed by atoms with Crippen LogP contribution in [-0.2, 0) is 9.47 Å². The van der Waals surface area contributed by atoms with Crippen molar-refractivity contribution in [3.63, 3.8) is 0 Å². The summed E-state index contributed by atoms with van der Waals surface area (Å²) in [7, 11) is 1.16. The first-order chi connectivity index (χ1) is 21.4. The highest BCUT2D eigenvalue weighted by atomic mass is 16.7. The molecule has 0 saturated carbocycles. The van der Waals surface area contributed by atoms with Crippen LogP contribution in [0.3, 0.4) is 0 Å². The number of benzene rings is 2. The first-order valence-electron chi connectivity index (χ1n) is 13.6. The molecule has 3 aromatic rings. The highest BCUT2D eigenvalue weighted by molar-refractivity contribution is 5.93. The first-order valence-corrected chi connectivity index (χ1v) is 13.6. The fourth-order valence-electron chi connectivity index (χ4n) is 5.05. The van der Waals surface area contributed by atoms with E-state index in [1.165, 1.54) is 24.3 Å². The molecule has 5 unspecified atom stereocenters. The fourth-order valence-corrected chi connectivity index (χ4v) is 5.05. The van der Waals surface area contributed by atoms with Crippen molar-refractivity contribution in [2.45, 2.75) is 61.4 Å². The zero-order valence-corrected chi connectivity index (χ0v) is 23.4. The average molecular weight is 641 g/mol. The van der Waals surface area contributed by atoms with E-state index in [1.54, 1.807) is 0 Å². The van der Waals surface area contributed by atoms with E-state index in [1.807, 2.05) is 0 Å². The third-order valence-corrected chi connectivity index (χ3v) is 7.53. The SMILES string of the molecule is COc1c(O[C@@H]2OC(CO)[C@@H](O)[C@H](O)C2O)cc(O)c2c(=O)c(O[C@@H]3OC(CO)[C@@H](O)C(O)C3O)c(-c3ccc(O)cc3)oc12. The average Bonchev–Trinajstić information content (AvgIpc) is 3.02. The quantitative estimate of drug-likeness (QED) is 0.119. The van der Waals surface area contributed by atoms with Gasteiger partial charge >= 0.3 is 0 Å². The number of hydrogen-bond acceptors (Lipinski definition) is 17. The van der Waals surface area contributed by atoms with E-state index in [9.17, 15) is 55.9 Å². The molecule has 5 rings (SSSR count). The summed E-state index contributed by atoms with van der Waals surface area (Å²) in [5.41, 5.74) is -1.36. The van der Waals surface area contributed by atoms with Gasteiger partial charge in [0.05, 0.1) is 20.3 Å². The van der Waals surface area contributed by atoms with Crippen molar-refractivity contribution in [3.05, 3.63) is 40.6 Å². The molecule has 0 aliphatic carbocycles. The van der Waals surface area contributed by atoms with Crippen molar-refractivity contribution in [1.29, 1.82) is 0 Å². The van der Waals surface area contributed by atoms with Crippen LogP contribution in [0.1, 0.15) is 0 Å². The number of phenolic OH excluding ortho intramolecular Hbond substituents is 2. The molecule has 1 aromatic heterocycles. The van der Waals surface area contributed by atoms with Crippen molar-refractivity contribution < 1.29 is 79.2 Å². The van der Waals surface area contributed by atoms with E-state index in [-0.39, 0.29) is 28.6 Å². The molecule has 2 aromatic carbocycles. The van der Waals surface area contributed by atoms with Crippen LogP contribution >= 0.6 is 0 Å². The Labute approximate surface area is 252 Å². The number of rotatable bonds is 8. The Hall–Kier alpha value is -3.75. The number of aliphatic hydroxyl groups excluding tert-OH is 8. The van der Waals surface area contributed by atoms with Crippen LogP contribution in [0.5, 0.6) is 28.7 Å². The lowest BCUT2D eigenvalue weighted by atomic mass is 9.99. The van der Waals surface area contributed by atoms with E-state index in [0.717, 1.165) is 13.2 Å². The number of aliphatic hydroxyl groups is 8. The molecular weight excluding hydrogens is 608 g/mol. The lowest BCUT2D eigenvalue weighted by molar-refractivity contribution is -0.277. The van der Waals surface area contributed by atoms with Crippen LogP contribution in [-0.4, -0.2) is 133 Å². The smallest absolute Gasteiger partial charge is 0.239 e. The third kappa shape index (κ3) is 5.86. The van der Waals surface area contributed by atoms with Gasteiger partial charge in [-0.15, -0.1) is 0 Å². The molecule has 0 radical (unpaired) electrons. The lowest BCUT2D eigenvalue weighted by Gasteiger charge is -2.39. The largest absolute Gasteiger partial charge is 0.508 e. The van der Waals surface area contributed by atoms with Crippen molar-refractivity contribution >= 4 is 11.0 Å². The van der Waals surface area contributed by atoms with Crippen LogP contribution < -0.4 is 19.6 Å². The molecule has 0 bridgehead atoms. The van der Waals surface area contributed by atoms with Crippen LogP contribution in [0.25, 0.3) is 22.3 Å². The van der Waals surface area contributed by atoms with E-state index in [2.05, 4.69) is 0 Å². The number of phenols is 2. The summed E-state index contributed by atoms with van der Waals surface area (Å²) in [5, 5.41) is 101. The van der Waals surface area contributed by atoms with Crippen LogP contribution in [0.4, 0.5) is 0 Å². The number of hydrogen-bond donors (Lipinski definition) is 10. The second kappa shape index (κ2) is 12.9. The monoisotopic (exact) mass is 640 g/mol.